The second-order valence-electron chi connectivity index (χ2n) is 7.09. The standard InChI is InChI=1S/C21H29N5O2.HI/c1-15-8-10-26(11-9-15)20-7-4-16(13-23-20)14-24-21(22)25-17-5-6-18(27-2)19(12-17)28-3;/h4-7,12-13,15H,8-11,14H2,1-3H3,(H3,22,24,25);1H. The minimum atomic E-state index is 0. The van der Waals surface area contributed by atoms with Crippen molar-refractivity contribution < 1.29 is 9.47 Å². The first-order valence-corrected chi connectivity index (χ1v) is 9.58. The van der Waals surface area contributed by atoms with Crippen molar-refractivity contribution in [1.82, 2.24) is 4.98 Å². The first kappa shape index (κ1) is 23.1. The van der Waals surface area contributed by atoms with E-state index in [1.165, 1.54) is 12.8 Å². The van der Waals surface area contributed by atoms with E-state index in [1.54, 1.807) is 14.2 Å². The van der Waals surface area contributed by atoms with Gasteiger partial charge in [0.25, 0.3) is 0 Å². The van der Waals surface area contributed by atoms with Gasteiger partial charge in [0, 0.05) is 31.0 Å². The number of benzene rings is 1. The van der Waals surface area contributed by atoms with Crippen molar-refractivity contribution in [2.45, 2.75) is 26.3 Å². The van der Waals surface area contributed by atoms with Crippen molar-refractivity contribution in [3.63, 3.8) is 0 Å². The van der Waals surface area contributed by atoms with Crippen molar-refractivity contribution in [2.24, 2.45) is 16.6 Å². The first-order valence-electron chi connectivity index (χ1n) is 9.58. The molecule has 0 unspecified atom stereocenters. The molecule has 3 rings (SSSR count). The monoisotopic (exact) mass is 511 g/mol. The Labute approximate surface area is 189 Å². The van der Waals surface area contributed by atoms with Crippen molar-refractivity contribution in [3.8, 4) is 11.5 Å². The van der Waals surface area contributed by atoms with Gasteiger partial charge in [-0.2, -0.15) is 0 Å². The third-order valence-electron chi connectivity index (χ3n) is 5.00. The molecule has 7 nitrogen and oxygen atoms in total. The molecule has 0 spiro atoms. The van der Waals surface area contributed by atoms with Crippen LogP contribution in [-0.4, -0.2) is 38.3 Å². The second-order valence-corrected chi connectivity index (χ2v) is 7.09. The summed E-state index contributed by atoms with van der Waals surface area (Å²) in [6.45, 7) is 4.94. The Balaban J connectivity index is 0.00000300. The maximum Gasteiger partial charge on any atom is 0.193 e. The minimum absolute atomic E-state index is 0. The van der Waals surface area contributed by atoms with Crippen molar-refractivity contribution >= 4 is 41.4 Å². The molecule has 1 aliphatic heterocycles. The summed E-state index contributed by atoms with van der Waals surface area (Å²) in [7, 11) is 3.20. The van der Waals surface area contributed by atoms with Gasteiger partial charge >= 0.3 is 0 Å². The molecule has 158 valence electrons. The highest BCUT2D eigenvalue weighted by molar-refractivity contribution is 14.0. The van der Waals surface area contributed by atoms with Crippen LogP contribution in [0.15, 0.2) is 41.5 Å². The number of hydrogen-bond donors (Lipinski definition) is 2. The van der Waals surface area contributed by atoms with E-state index in [0.29, 0.717) is 24.0 Å². The first-order chi connectivity index (χ1) is 13.6. The molecule has 1 saturated heterocycles. The highest BCUT2D eigenvalue weighted by Gasteiger charge is 2.16. The number of nitrogens with two attached hydrogens (primary N) is 1. The Morgan fingerprint density at radius 1 is 1.17 bits per heavy atom. The van der Waals surface area contributed by atoms with Crippen LogP contribution in [0.4, 0.5) is 11.5 Å². The van der Waals surface area contributed by atoms with E-state index in [-0.39, 0.29) is 24.0 Å². The van der Waals surface area contributed by atoms with Crippen LogP contribution < -0.4 is 25.4 Å². The number of halogens is 1. The molecule has 8 heteroatoms. The quantitative estimate of drug-likeness (QED) is 0.348. The molecule has 0 amide bonds. The molecule has 0 atom stereocenters. The fourth-order valence-electron chi connectivity index (χ4n) is 3.21. The Kier molecular flexibility index (Phi) is 8.81. The molecule has 1 aromatic heterocycles. The van der Waals surface area contributed by atoms with E-state index in [0.717, 1.165) is 36.1 Å². The number of methoxy groups -OCH3 is 2. The number of anilines is 2. The summed E-state index contributed by atoms with van der Waals surface area (Å²) in [5, 5.41) is 3.07. The van der Waals surface area contributed by atoms with E-state index >= 15 is 0 Å². The molecule has 3 N–H and O–H groups in total. The van der Waals surface area contributed by atoms with Crippen molar-refractivity contribution in [1.29, 1.82) is 0 Å². The van der Waals surface area contributed by atoms with Crippen LogP contribution in [0.2, 0.25) is 0 Å². The average molecular weight is 511 g/mol. The molecule has 1 fully saturated rings. The van der Waals surface area contributed by atoms with Gasteiger partial charge in [0.1, 0.15) is 5.82 Å². The Hall–Kier alpha value is -2.23. The highest BCUT2D eigenvalue weighted by atomic mass is 127. The number of ether oxygens (including phenoxy) is 2. The zero-order valence-electron chi connectivity index (χ0n) is 17.2. The van der Waals surface area contributed by atoms with E-state index in [2.05, 4.69) is 39.2 Å². The molecule has 1 aliphatic rings. The summed E-state index contributed by atoms with van der Waals surface area (Å²) < 4.78 is 10.5. The van der Waals surface area contributed by atoms with Gasteiger partial charge in [0.05, 0.1) is 20.8 Å². The fourth-order valence-corrected chi connectivity index (χ4v) is 3.21. The number of rotatable bonds is 6. The van der Waals surface area contributed by atoms with E-state index in [1.807, 2.05) is 24.4 Å². The third-order valence-corrected chi connectivity index (χ3v) is 5.00. The molecule has 1 aromatic carbocycles. The molecular formula is C21H30IN5O2. The molecule has 2 heterocycles. The zero-order valence-corrected chi connectivity index (χ0v) is 19.6. The second kappa shape index (κ2) is 11.1. The topological polar surface area (TPSA) is 85.0 Å². The Bertz CT molecular complexity index is 805. The predicted octanol–water partition coefficient (Wildman–Crippen LogP) is 3.88. The summed E-state index contributed by atoms with van der Waals surface area (Å²) >= 11 is 0. The van der Waals surface area contributed by atoms with Crippen LogP contribution in [0, 0.1) is 5.92 Å². The number of aliphatic imine (C=N–C) groups is 1. The van der Waals surface area contributed by atoms with Crippen LogP contribution in [0.25, 0.3) is 0 Å². The lowest BCUT2D eigenvalue weighted by Gasteiger charge is -2.31. The zero-order chi connectivity index (χ0) is 19.9. The van der Waals surface area contributed by atoms with Crippen molar-refractivity contribution in [2.75, 3.05) is 37.5 Å². The maximum absolute atomic E-state index is 6.01. The number of hydrogen-bond acceptors (Lipinski definition) is 5. The largest absolute Gasteiger partial charge is 0.493 e. The predicted molar refractivity (Wildman–Crippen MR) is 129 cm³/mol. The van der Waals surface area contributed by atoms with Gasteiger partial charge < -0.3 is 25.4 Å². The van der Waals surface area contributed by atoms with E-state index in [9.17, 15) is 0 Å². The van der Waals surface area contributed by atoms with Gasteiger partial charge in [-0.05, 0) is 42.5 Å². The summed E-state index contributed by atoms with van der Waals surface area (Å²) in [4.78, 5) is 11.3. The van der Waals surface area contributed by atoms with Crippen LogP contribution in [0.5, 0.6) is 11.5 Å². The molecule has 2 aromatic rings. The van der Waals surface area contributed by atoms with E-state index < -0.39 is 0 Å². The Morgan fingerprint density at radius 2 is 1.90 bits per heavy atom. The summed E-state index contributed by atoms with van der Waals surface area (Å²) in [6, 6.07) is 9.63. The highest BCUT2D eigenvalue weighted by Crippen LogP contribution is 2.29. The SMILES string of the molecule is COc1ccc(NC(N)=NCc2ccc(N3CCC(C)CC3)nc2)cc1OC.I. The van der Waals surface area contributed by atoms with Gasteiger partial charge in [-0.25, -0.2) is 9.98 Å². The molecule has 29 heavy (non-hydrogen) atoms. The molecule has 0 saturated carbocycles. The summed E-state index contributed by atoms with van der Waals surface area (Å²) in [5.41, 5.74) is 7.82. The van der Waals surface area contributed by atoms with Gasteiger partial charge in [0.15, 0.2) is 17.5 Å². The summed E-state index contributed by atoms with van der Waals surface area (Å²) in [5.74, 6) is 3.48. The number of piperidine rings is 1. The smallest absolute Gasteiger partial charge is 0.193 e. The summed E-state index contributed by atoms with van der Waals surface area (Å²) in [6.07, 6.45) is 4.33. The number of guanidine groups is 1. The number of aromatic nitrogens is 1. The lowest BCUT2D eigenvalue weighted by atomic mass is 9.99. The maximum atomic E-state index is 6.01. The fraction of sp³-hybridized carbons (Fsp3) is 0.429. The lowest BCUT2D eigenvalue weighted by molar-refractivity contribution is 0.355. The molecular weight excluding hydrogens is 481 g/mol. The van der Waals surface area contributed by atoms with Crippen LogP contribution in [0.3, 0.4) is 0 Å². The van der Waals surface area contributed by atoms with Gasteiger partial charge in [-0.15, -0.1) is 24.0 Å². The average Bonchev–Trinajstić information content (AvgIpc) is 2.73. The normalized spacial score (nSPS) is 14.9. The van der Waals surface area contributed by atoms with Crippen LogP contribution in [0.1, 0.15) is 25.3 Å². The van der Waals surface area contributed by atoms with E-state index in [4.69, 9.17) is 15.2 Å². The molecule has 0 radical (unpaired) electrons. The van der Waals surface area contributed by atoms with Crippen LogP contribution in [-0.2, 0) is 6.54 Å². The lowest BCUT2D eigenvalue weighted by Crippen LogP contribution is -2.33. The third kappa shape index (κ3) is 6.38. The number of nitrogens with one attached hydrogen (secondary N) is 1. The minimum Gasteiger partial charge on any atom is -0.493 e. The van der Waals surface area contributed by atoms with Gasteiger partial charge in [-0.3, -0.25) is 0 Å². The molecule has 0 bridgehead atoms. The van der Waals surface area contributed by atoms with Crippen LogP contribution >= 0.6 is 24.0 Å². The Morgan fingerprint density at radius 3 is 2.52 bits per heavy atom. The van der Waals surface area contributed by atoms with Gasteiger partial charge in [-0.1, -0.05) is 13.0 Å². The number of nitrogens with zero attached hydrogens (tertiary/aromatic N) is 3. The van der Waals surface area contributed by atoms with Gasteiger partial charge in [0.2, 0.25) is 0 Å². The van der Waals surface area contributed by atoms with Crippen molar-refractivity contribution in [3.05, 3.63) is 42.1 Å². The number of pyridine rings is 1. The molecule has 0 aliphatic carbocycles.